The Morgan fingerprint density at radius 1 is 1.00 bits per heavy atom. The Labute approximate surface area is 173 Å². The molecule has 0 bridgehead atoms. The molecule has 0 saturated carbocycles. The molecule has 2 rings (SSSR count). The number of alkyl halides is 2. The highest BCUT2D eigenvalue weighted by atomic mass is 19.3. The van der Waals surface area contributed by atoms with Crippen molar-refractivity contribution in [2.45, 2.75) is 46.1 Å². The van der Waals surface area contributed by atoms with Crippen LogP contribution in [0.5, 0.6) is 5.75 Å². The predicted molar refractivity (Wildman–Crippen MR) is 106 cm³/mol. The van der Waals surface area contributed by atoms with Gasteiger partial charge < -0.3 is 19.9 Å². The minimum atomic E-state index is -2.89. The van der Waals surface area contributed by atoms with Crippen molar-refractivity contribution < 1.29 is 33.0 Å². The van der Waals surface area contributed by atoms with E-state index in [9.17, 15) is 18.4 Å². The molecule has 2 atom stereocenters. The van der Waals surface area contributed by atoms with E-state index in [0.717, 1.165) is 5.56 Å². The zero-order chi connectivity index (χ0) is 22.3. The second-order valence-electron chi connectivity index (χ2n) is 7.16. The quantitative estimate of drug-likeness (QED) is 0.594. The number of carboxylic acid groups (broad SMARTS) is 1. The van der Waals surface area contributed by atoms with E-state index >= 15 is 0 Å². The summed E-state index contributed by atoms with van der Waals surface area (Å²) in [6.07, 6.45) is -0.720. The minimum absolute atomic E-state index is 0.0506. The van der Waals surface area contributed by atoms with Crippen LogP contribution in [-0.2, 0) is 16.1 Å². The van der Waals surface area contributed by atoms with Gasteiger partial charge in [-0.3, -0.25) is 4.79 Å². The van der Waals surface area contributed by atoms with Gasteiger partial charge in [0.15, 0.2) is 0 Å². The van der Waals surface area contributed by atoms with Crippen molar-refractivity contribution in [2.75, 3.05) is 0 Å². The van der Waals surface area contributed by atoms with Crippen molar-refractivity contribution >= 4 is 11.9 Å². The molecular formula is C22H25F2NO5. The van der Waals surface area contributed by atoms with E-state index in [1.165, 1.54) is 24.3 Å². The van der Waals surface area contributed by atoms with Crippen LogP contribution in [0.1, 0.15) is 48.3 Å². The second-order valence-corrected chi connectivity index (χ2v) is 7.16. The lowest BCUT2D eigenvalue weighted by Gasteiger charge is -2.23. The van der Waals surface area contributed by atoms with Crippen LogP contribution < -0.4 is 10.1 Å². The lowest BCUT2D eigenvalue weighted by Crippen LogP contribution is -2.40. The predicted octanol–water partition coefficient (Wildman–Crippen LogP) is 4.40. The first kappa shape index (κ1) is 23.3. The molecule has 0 aliphatic carbocycles. The Balaban J connectivity index is 1.96. The number of amides is 1. The molecule has 6 nitrogen and oxygen atoms in total. The van der Waals surface area contributed by atoms with Crippen molar-refractivity contribution in [1.82, 2.24) is 5.32 Å². The van der Waals surface area contributed by atoms with Gasteiger partial charge >= 0.3 is 12.6 Å². The van der Waals surface area contributed by atoms with E-state index in [-0.39, 0.29) is 35.8 Å². The lowest BCUT2D eigenvalue weighted by molar-refractivity contribution is -0.137. The molecule has 0 heterocycles. The molecular weight excluding hydrogens is 396 g/mol. The fourth-order valence-corrected chi connectivity index (χ4v) is 2.82. The molecule has 0 aliphatic rings. The molecule has 0 spiro atoms. The molecule has 0 fully saturated rings. The fourth-order valence-electron chi connectivity index (χ4n) is 2.82. The van der Waals surface area contributed by atoms with E-state index in [4.69, 9.17) is 9.84 Å². The van der Waals surface area contributed by atoms with Gasteiger partial charge in [0, 0.05) is 0 Å². The minimum Gasteiger partial charge on any atom is -0.478 e. The van der Waals surface area contributed by atoms with Crippen LogP contribution >= 0.6 is 0 Å². The summed E-state index contributed by atoms with van der Waals surface area (Å²) in [5.74, 6) is -1.36. The lowest BCUT2D eigenvalue weighted by atomic mass is 10.0. The van der Waals surface area contributed by atoms with Crippen LogP contribution in [0.2, 0.25) is 0 Å². The maximum absolute atomic E-state index is 12.7. The van der Waals surface area contributed by atoms with Gasteiger partial charge in [-0.25, -0.2) is 4.79 Å². The van der Waals surface area contributed by atoms with Gasteiger partial charge in [-0.05, 0) is 48.2 Å². The SMILES string of the molecule is CC(C)C(OCc1ccc(OC(F)F)cc1)C(=O)N[C@@H](C)c1ccc(C(=O)O)cc1. The van der Waals surface area contributed by atoms with Gasteiger partial charge in [-0.15, -0.1) is 0 Å². The Morgan fingerprint density at radius 3 is 2.10 bits per heavy atom. The first-order chi connectivity index (χ1) is 14.2. The monoisotopic (exact) mass is 421 g/mol. The van der Waals surface area contributed by atoms with Crippen molar-refractivity contribution in [1.29, 1.82) is 0 Å². The summed E-state index contributed by atoms with van der Waals surface area (Å²) < 4.78 is 34.5. The number of carboxylic acids is 1. The number of hydrogen-bond donors (Lipinski definition) is 2. The molecule has 1 unspecified atom stereocenters. The van der Waals surface area contributed by atoms with Crippen LogP contribution in [0.4, 0.5) is 8.78 Å². The van der Waals surface area contributed by atoms with E-state index in [2.05, 4.69) is 10.1 Å². The van der Waals surface area contributed by atoms with Crippen molar-refractivity contribution in [3.05, 3.63) is 65.2 Å². The molecule has 2 aromatic rings. The van der Waals surface area contributed by atoms with Gasteiger partial charge in [0.2, 0.25) is 5.91 Å². The maximum Gasteiger partial charge on any atom is 0.387 e. The molecule has 0 saturated heterocycles. The molecule has 0 aromatic heterocycles. The molecule has 2 aromatic carbocycles. The highest BCUT2D eigenvalue weighted by Gasteiger charge is 2.24. The number of carbonyl (C=O) groups is 2. The van der Waals surface area contributed by atoms with Gasteiger partial charge in [0.1, 0.15) is 11.9 Å². The summed E-state index contributed by atoms with van der Waals surface area (Å²) in [5.41, 5.74) is 1.66. The summed E-state index contributed by atoms with van der Waals surface area (Å²) in [7, 11) is 0. The number of aromatic carboxylic acids is 1. The zero-order valence-electron chi connectivity index (χ0n) is 17.0. The molecule has 1 amide bonds. The van der Waals surface area contributed by atoms with Crippen LogP contribution in [0.25, 0.3) is 0 Å². The summed E-state index contributed by atoms with van der Waals surface area (Å²) in [5, 5.41) is 11.9. The first-order valence-electron chi connectivity index (χ1n) is 9.46. The summed E-state index contributed by atoms with van der Waals surface area (Å²) in [6, 6.07) is 12.0. The third kappa shape index (κ3) is 6.81. The number of hydrogen-bond acceptors (Lipinski definition) is 4. The fraction of sp³-hybridized carbons (Fsp3) is 0.364. The number of carbonyl (C=O) groups excluding carboxylic acids is 1. The van der Waals surface area contributed by atoms with Gasteiger partial charge in [0.05, 0.1) is 18.2 Å². The standard InChI is InChI=1S/C22H25F2NO5/c1-13(2)19(29-12-15-4-10-18(11-5-15)30-22(23)24)20(26)25-14(3)16-6-8-17(9-7-16)21(27)28/h4-11,13-14,19,22H,12H2,1-3H3,(H,25,26)(H,27,28)/t14-,19?/m0/s1. The highest BCUT2D eigenvalue weighted by Crippen LogP contribution is 2.18. The van der Waals surface area contributed by atoms with Crippen LogP contribution in [0.15, 0.2) is 48.5 Å². The molecule has 8 heteroatoms. The molecule has 162 valence electrons. The van der Waals surface area contributed by atoms with E-state index < -0.39 is 18.7 Å². The van der Waals surface area contributed by atoms with Gasteiger partial charge in [0.25, 0.3) is 0 Å². The van der Waals surface area contributed by atoms with Gasteiger partial charge in [-0.2, -0.15) is 8.78 Å². The summed E-state index contributed by atoms with van der Waals surface area (Å²) >= 11 is 0. The average molecular weight is 421 g/mol. The molecule has 0 aliphatic heterocycles. The normalized spacial score (nSPS) is 13.2. The Kier molecular flexibility index (Phi) is 8.29. The second kappa shape index (κ2) is 10.7. The molecule has 0 radical (unpaired) electrons. The Hall–Kier alpha value is -3.00. The third-order valence-corrected chi connectivity index (χ3v) is 4.46. The van der Waals surface area contributed by atoms with Crippen molar-refractivity contribution in [3.63, 3.8) is 0 Å². The number of nitrogens with one attached hydrogen (secondary N) is 1. The Morgan fingerprint density at radius 2 is 1.60 bits per heavy atom. The molecule has 30 heavy (non-hydrogen) atoms. The smallest absolute Gasteiger partial charge is 0.387 e. The van der Waals surface area contributed by atoms with Crippen LogP contribution in [-0.4, -0.2) is 29.7 Å². The molecule has 2 N–H and O–H groups in total. The van der Waals surface area contributed by atoms with E-state index in [0.29, 0.717) is 5.56 Å². The van der Waals surface area contributed by atoms with Gasteiger partial charge in [-0.1, -0.05) is 38.1 Å². The highest BCUT2D eigenvalue weighted by molar-refractivity contribution is 5.87. The zero-order valence-corrected chi connectivity index (χ0v) is 17.0. The van der Waals surface area contributed by atoms with Crippen LogP contribution in [0, 0.1) is 5.92 Å². The maximum atomic E-state index is 12.7. The average Bonchev–Trinajstić information content (AvgIpc) is 2.68. The Bertz CT molecular complexity index is 838. The first-order valence-corrected chi connectivity index (χ1v) is 9.46. The van der Waals surface area contributed by atoms with Crippen molar-refractivity contribution in [3.8, 4) is 5.75 Å². The van der Waals surface area contributed by atoms with Crippen molar-refractivity contribution in [2.24, 2.45) is 5.92 Å². The summed E-state index contributed by atoms with van der Waals surface area (Å²) in [6.45, 7) is 2.76. The largest absolute Gasteiger partial charge is 0.478 e. The van der Waals surface area contributed by atoms with Crippen LogP contribution in [0.3, 0.4) is 0 Å². The number of rotatable bonds is 10. The third-order valence-electron chi connectivity index (χ3n) is 4.46. The van der Waals surface area contributed by atoms with E-state index in [1.807, 2.05) is 13.8 Å². The van der Waals surface area contributed by atoms with E-state index in [1.54, 1.807) is 31.2 Å². The number of halogens is 2. The topological polar surface area (TPSA) is 84.9 Å². The number of benzene rings is 2. The number of ether oxygens (including phenoxy) is 2. The summed E-state index contributed by atoms with van der Waals surface area (Å²) in [4.78, 5) is 23.7.